The molecule has 0 spiro atoms. The van der Waals surface area contributed by atoms with Gasteiger partial charge in [-0.25, -0.2) is 13.1 Å². The van der Waals surface area contributed by atoms with Crippen molar-refractivity contribution in [2.75, 3.05) is 6.54 Å². The third kappa shape index (κ3) is 3.14. The number of hydrogen-bond donors (Lipinski definition) is 2. The molecule has 0 amide bonds. The number of aliphatic hydroxyl groups is 1. The van der Waals surface area contributed by atoms with Crippen LogP contribution >= 0.6 is 0 Å². The van der Waals surface area contributed by atoms with E-state index >= 15 is 0 Å². The van der Waals surface area contributed by atoms with E-state index in [0.717, 1.165) is 5.56 Å². The monoisotopic (exact) mass is 347 g/mol. The van der Waals surface area contributed by atoms with Gasteiger partial charge in [0.05, 0.1) is 30.2 Å². The van der Waals surface area contributed by atoms with Crippen LogP contribution in [0, 0.1) is 6.92 Å². The lowest BCUT2D eigenvalue weighted by molar-refractivity contribution is 0.0613. The van der Waals surface area contributed by atoms with Crippen LogP contribution in [0.3, 0.4) is 0 Å². The van der Waals surface area contributed by atoms with E-state index in [0.29, 0.717) is 5.56 Å². The normalized spacial score (nSPS) is 14.4. The number of benzene rings is 1. The molecule has 2 N–H and O–H groups in total. The first-order valence-corrected chi connectivity index (χ1v) is 8.75. The van der Waals surface area contributed by atoms with Crippen LogP contribution in [0.1, 0.15) is 16.9 Å². The highest BCUT2D eigenvalue weighted by atomic mass is 32.2. The Labute approximate surface area is 139 Å². The highest BCUT2D eigenvalue weighted by Gasteiger charge is 2.37. The molecule has 0 bridgehead atoms. The van der Waals surface area contributed by atoms with Gasteiger partial charge in [0.25, 0.3) is 0 Å². The summed E-state index contributed by atoms with van der Waals surface area (Å²) in [7, 11) is -3.78. The molecule has 0 aliphatic heterocycles. The largest absolute Gasteiger partial charge is 0.472 e. The van der Waals surface area contributed by atoms with E-state index in [1.54, 1.807) is 30.3 Å². The second-order valence-electron chi connectivity index (χ2n) is 5.49. The van der Waals surface area contributed by atoms with Crippen molar-refractivity contribution in [1.82, 2.24) is 4.72 Å². The van der Waals surface area contributed by atoms with E-state index in [1.807, 2.05) is 13.0 Å². The number of furan rings is 2. The Bertz CT molecular complexity index is 864. The van der Waals surface area contributed by atoms with E-state index in [9.17, 15) is 13.5 Å². The molecule has 0 aliphatic rings. The molecule has 3 aromatic rings. The molecule has 6 nitrogen and oxygen atoms in total. The van der Waals surface area contributed by atoms with Crippen LogP contribution in [-0.4, -0.2) is 20.1 Å². The van der Waals surface area contributed by atoms with E-state index in [1.165, 1.54) is 24.9 Å². The van der Waals surface area contributed by atoms with Crippen LogP contribution in [0.2, 0.25) is 0 Å². The van der Waals surface area contributed by atoms with Gasteiger partial charge in [0.15, 0.2) is 5.60 Å². The van der Waals surface area contributed by atoms with Crippen molar-refractivity contribution in [3.63, 3.8) is 0 Å². The van der Waals surface area contributed by atoms with Gasteiger partial charge >= 0.3 is 0 Å². The Balaban J connectivity index is 1.90. The summed E-state index contributed by atoms with van der Waals surface area (Å²) in [4.78, 5) is 0.136. The topological polar surface area (TPSA) is 92.7 Å². The van der Waals surface area contributed by atoms with Crippen LogP contribution < -0.4 is 4.72 Å². The molecular formula is C17H17NO5S. The maximum atomic E-state index is 12.5. The highest BCUT2D eigenvalue weighted by Crippen LogP contribution is 2.30. The summed E-state index contributed by atoms with van der Waals surface area (Å²) in [6.07, 6.45) is 4.16. The predicted octanol–water partition coefficient (Wildman–Crippen LogP) is 2.40. The average molecular weight is 347 g/mol. The van der Waals surface area contributed by atoms with Crippen molar-refractivity contribution in [2.45, 2.75) is 17.4 Å². The molecule has 7 heteroatoms. The molecule has 2 heterocycles. The summed E-state index contributed by atoms with van der Waals surface area (Å²) in [5.74, 6) is 0.218. The van der Waals surface area contributed by atoms with E-state index < -0.39 is 15.6 Å². The molecule has 126 valence electrons. The maximum absolute atomic E-state index is 12.5. The Morgan fingerprint density at radius 3 is 2.62 bits per heavy atom. The lowest BCUT2D eigenvalue weighted by Crippen LogP contribution is -2.41. The Hall–Kier alpha value is -2.35. The lowest BCUT2D eigenvalue weighted by atomic mass is 9.94. The van der Waals surface area contributed by atoms with Gasteiger partial charge in [0.1, 0.15) is 5.76 Å². The zero-order valence-electron chi connectivity index (χ0n) is 13.0. The molecule has 1 atom stereocenters. The molecule has 3 rings (SSSR count). The molecule has 0 saturated carbocycles. The molecule has 0 aliphatic carbocycles. The highest BCUT2D eigenvalue weighted by molar-refractivity contribution is 7.89. The summed E-state index contributed by atoms with van der Waals surface area (Å²) in [6.45, 7) is 1.51. The van der Waals surface area contributed by atoms with Gasteiger partial charge in [-0.15, -0.1) is 0 Å². The van der Waals surface area contributed by atoms with Gasteiger partial charge < -0.3 is 13.9 Å². The Morgan fingerprint density at radius 2 is 2.00 bits per heavy atom. The minimum Gasteiger partial charge on any atom is -0.472 e. The fourth-order valence-electron chi connectivity index (χ4n) is 2.41. The van der Waals surface area contributed by atoms with Gasteiger partial charge in [-0.2, -0.15) is 0 Å². The zero-order valence-corrected chi connectivity index (χ0v) is 13.8. The first-order valence-electron chi connectivity index (χ1n) is 7.27. The maximum Gasteiger partial charge on any atom is 0.240 e. The summed E-state index contributed by atoms with van der Waals surface area (Å²) in [5, 5.41) is 11.0. The van der Waals surface area contributed by atoms with Crippen LogP contribution in [0.5, 0.6) is 0 Å². The molecular weight excluding hydrogens is 330 g/mol. The Morgan fingerprint density at radius 1 is 1.17 bits per heavy atom. The second kappa shape index (κ2) is 6.27. The fourth-order valence-corrected chi connectivity index (χ4v) is 3.57. The third-order valence-corrected chi connectivity index (χ3v) is 5.14. The molecule has 0 unspecified atom stereocenters. The van der Waals surface area contributed by atoms with Crippen molar-refractivity contribution in [3.8, 4) is 0 Å². The van der Waals surface area contributed by atoms with Crippen LogP contribution in [0.25, 0.3) is 0 Å². The van der Waals surface area contributed by atoms with Crippen molar-refractivity contribution < 1.29 is 22.4 Å². The molecule has 0 saturated heterocycles. The average Bonchev–Trinajstić information content (AvgIpc) is 3.26. The minimum absolute atomic E-state index is 0.136. The quantitative estimate of drug-likeness (QED) is 0.714. The van der Waals surface area contributed by atoms with Crippen LogP contribution in [0.4, 0.5) is 0 Å². The number of hydrogen-bond acceptors (Lipinski definition) is 5. The van der Waals surface area contributed by atoms with Crippen molar-refractivity contribution in [2.24, 2.45) is 0 Å². The molecule has 1 aromatic carbocycles. The summed E-state index contributed by atoms with van der Waals surface area (Å²) in [6, 6.07) is 11.3. The molecule has 0 radical (unpaired) electrons. The van der Waals surface area contributed by atoms with Crippen molar-refractivity contribution in [3.05, 3.63) is 78.1 Å². The standard InChI is InChI=1S/C17H17NO5S/c1-13-4-2-5-15(10-13)24(20,21)18-12-17(19,14-7-9-22-11-14)16-6-3-8-23-16/h2-11,18-19H,12H2,1H3/t17-/m1/s1. The SMILES string of the molecule is Cc1cccc(S(=O)(=O)NC[C@@](O)(c2ccoc2)c2ccco2)c1. The van der Waals surface area contributed by atoms with Gasteiger partial charge in [-0.3, -0.25) is 0 Å². The smallest absolute Gasteiger partial charge is 0.240 e. The first-order chi connectivity index (χ1) is 11.4. The van der Waals surface area contributed by atoms with E-state index in [2.05, 4.69) is 4.72 Å². The van der Waals surface area contributed by atoms with Gasteiger partial charge in [0.2, 0.25) is 10.0 Å². The van der Waals surface area contributed by atoms with Crippen LogP contribution in [0.15, 0.2) is 75.0 Å². The van der Waals surface area contributed by atoms with Crippen LogP contribution in [-0.2, 0) is 15.6 Å². The van der Waals surface area contributed by atoms with Gasteiger partial charge in [0, 0.05) is 5.56 Å². The summed E-state index contributed by atoms with van der Waals surface area (Å²) < 4.78 is 37.7. The summed E-state index contributed by atoms with van der Waals surface area (Å²) >= 11 is 0. The molecule has 2 aromatic heterocycles. The first kappa shape index (κ1) is 16.5. The van der Waals surface area contributed by atoms with Crippen molar-refractivity contribution in [1.29, 1.82) is 0 Å². The number of aryl methyl sites for hydroxylation is 1. The third-order valence-electron chi connectivity index (χ3n) is 3.75. The Kier molecular flexibility index (Phi) is 4.31. The number of sulfonamides is 1. The lowest BCUT2D eigenvalue weighted by Gasteiger charge is -2.25. The predicted molar refractivity (Wildman–Crippen MR) is 86.8 cm³/mol. The van der Waals surface area contributed by atoms with Gasteiger partial charge in [-0.1, -0.05) is 12.1 Å². The number of nitrogens with one attached hydrogen (secondary N) is 1. The van der Waals surface area contributed by atoms with E-state index in [-0.39, 0.29) is 17.2 Å². The zero-order chi connectivity index (χ0) is 17.2. The second-order valence-corrected chi connectivity index (χ2v) is 7.26. The summed E-state index contributed by atoms with van der Waals surface area (Å²) in [5.41, 5.74) is -0.452. The molecule has 24 heavy (non-hydrogen) atoms. The van der Waals surface area contributed by atoms with Gasteiger partial charge in [-0.05, 0) is 42.8 Å². The fraction of sp³-hybridized carbons (Fsp3) is 0.176. The van der Waals surface area contributed by atoms with Crippen molar-refractivity contribution >= 4 is 10.0 Å². The van der Waals surface area contributed by atoms with E-state index in [4.69, 9.17) is 8.83 Å². The number of rotatable bonds is 6. The molecule has 0 fully saturated rings. The minimum atomic E-state index is -3.78.